The number of hydrogen-bond donors (Lipinski definition) is 0. The lowest BCUT2D eigenvalue weighted by molar-refractivity contribution is 0.0703. The van der Waals surface area contributed by atoms with E-state index in [1.165, 1.54) is 0 Å². The quantitative estimate of drug-likeness (QED) is 0.777. The molecular formula is C14H18FO4P. The third-order valence-electron chi connectivity index (χ3n) is 3.37. The summed E-state index contributed by atoms with van der Waals surface area (Å²) >= 11 is 0. The molecule has 1 atom stereocenters. The molecule has 20 heavy (non-hydrogen) atoms. The number of benzene rings is 1. The predicted molar refractivity (Wildman–Crippen MR) is 73.8 cm³/mol. The van der Waals surface area contributed by atoms with E-state index in [2.05, 4.69) is 0 Å². The number of aryl methyl sites for hydroxylation is 1. The zero-order valence-corrected chi connectivity index (χ0v) is 12.5. The van der Waals surface area contributed by atoms with E-state index in [0.717, 1.165) is 5.56 Å². The Balaban J connectivity index is 2.45. The van der Waals surface area contributed by atoms with Gasteiger partial charge in [-0.15, -0.1) is 0 Å². The van der Waals surface area contributed by atoms with Gasteiger partial charge in [-0.2, -0.15) is 0 Å². The van der Waals surface area contributed by atoms with Gasteiger partial charge in [0.2, 0.25) is 5.78 Å². The van der Waals surface area contributed by atoms with Crippen LogP contribution < -0.4 is 0 Å². The molecule has 6 heteroatoms. The summed E-state index contributed by atoms with van der Waals surface area (Å²) in [6.45, 7) is 3.24. The molecule has 0 aliphatic heterocycles. The molecule has 0 saturated carbocycles. The Morgan fingerprint density at radius 1 is 1.25 bits per heavy atom. The molecule has 1 aliphatic carbocycles. The molecule has 0 fully saturated rings. The van der Waals surface area contributed by atoms with Crippen molar-refractivity contribution in [2.45, 2.75) is 32.1 Å². The molecule has 0 N–H and O–H groups in total. The van der Waals surface area contributed by atoms with Crippen molar-refractivity contribution < 1.29 is 22.8 Å². The molecule has 1 aliphatic rings. The van der Waals surface area contributed by atoms with Crippen LogP contribution in [0.5, 0.6) is 0 Å². The van der Waals surface area contributed by atoms with Gasteiger partial charge in [0.25, 0.3) is 5.41 Å². The first-order chi connectivity index (χ1) is 9.48. The molecular weight excluding hydrogens is 282 g/mol. The zero-order valence-electron chi connectivity index (χ0n) is 11.6. The molecule has 1 aromatic carbocycles. The largest absolute Gasteiger partial charge is 0.375 e. The summed E-state index contributed by atoms with van der Waals surface area (Å²) in [7, 11) is -4.13. The summed E-state index contributed by atoms with van der Waals surface area (Å²) in [5.74, 6) is -0.801. The molecule has 0 radical (unpaired) electrons. The van der Waals surface area contributed by atoms with Crippen molar-refractivity contribution in [3.8, 4) is 0 Å². The summed E-state index contributed by atoms with van der Waals surface area (Å²) < 4.78 is 37.9. The predicted octanol–water partition coefficient (Wildman–Crippen LogP) is 3.75. The smallest absolute Gasteiger partial charge is 0.306 e. The van der Waals surface area contributed by atoms with Gasteiger partial charge in [-0.3, -0.25) is 9.36 Å². The molecule has 0 heterocycles. The van der Waals surface area contributed by atoms with Crippen molar-refractivity contribution in [3.05, 3.63) is 35.4 Å². The Kier molecular flexibility index (Phi) is 4.43. The minimum atomic E-state index is -4.13. The normalized spacial score (nSPS) is 22.6. The van der Waals surface area contributed by atoms with Crippen LogP contribution in [0, 0.1) is 0 Å². The SMILES string of the molecule is CCOP(=O)(OCC)[C@@]1(F)CCc2ccccc2C1=O. The van der Waals surface area contributed by atoms with E-state index in [1.807, 2.05) is 0 Å². The van der Waals surface area contributed by atoms with Crippen LogP contribution in [0.4, 0.5) is 4.39 Å². The highest BCUT2D eigenvalue weighted by Gasteiger charge is 2.59. The minimum Gasteiger partial charge on any atom is -0.306 e. The van der Waals surface area contributed by atoms with Crippen molar-refractivity contribution in [1.29, 1.82) is 0 Å². The van der Waals surface area contributed by atoms with Gasteiger partial charge in [0.15, 0.2) is 0 Å². The number of rotatable bonds is 5. The molecule has 2 rings (SSSR count). The third kappa shape index (κ3) is 2.34. The summed E-state index contributed by atoms with van der Waals surface area (Å²) in [6.07, 6.45) is 0.155. The fourth-order valence-corrected chi connectivity index (χ4v) is 4.34. The highest BCUT2D eigenvalue weighted by molar-refractivity contribution is 7.56. The van der Waals surface area contributed by atoms with Crippen LogP contribution in [0.1, 0.15) is 36.2 Å². The number of ketones is 1. The maximum atomic E-state index is 15.2. The van der Waals surface area contributed by atoms with Crippen LogP contribution in [0.15, 0.2) is 24.3 Å². The standard InChI is InChI=1S/C14H18FO4P/c1-3-18-20(17,19-4-2)14(15)10-9-11-7-5-6-8-12(11)13(14)16/h5-8H,3-4,9-10H2,1-2H3/t14-/m0/s1. The highest BCUT2D eigenvalue weighted by Crippen LogP contribution is 2.64. The van der Waals surface area contributed by atoms with Crippen LogP contribution in [-0.4, -0.2) is 24.4 Å². The van der Waals surface area contributed by atoms with Crippen molar-refractivity contribution in [1.82, 2.24) is 0 Å². The fraction of sp³-hybridized carbons (Fsp3) is 0.500. The van der Waals surface area contributed by atoms with Gasteiger partial charge in [-0.05, 0) is 25.8 Å². The number of halogens is 1. The molecule has 0 saturated heterocycles. The van der Waals surface area contributed by atoms with Crippen molar-refractivity contribution in [2.75, 3.05) is 13.2 Å². The first-order valence-corrected chi connectivity index (χ1v) is 8.23. The fourth-order valence-electron chi connectivity index (χ4n) is 2.42. The van der Waals surface area contributed by atoms with Gasteiger partial charge in [-0.1, -0.05) is 24.3 Å². The van der Waals surface area contributed by atoms with Crippen molar-refractivity contribution in [2.24, 2.45) is 0 Å². The van der Waals surface area contributed by atoms with Crippen LogP contribution in [0.3, 0.4) is 0 Å². The first-order valence-electron chi connectivity index (χ1n) is 6.69. The molecule has 1 aromatic rings. The number of carbonyl (C=O) groups is 1. The highest BCUT2D eigenvalue weighted by atomic mass is 31.2. The number of carbonyl (C=O) groups excluding carboxylic acids is 1. The van der Waals surface area contributed by atoms with E-state index in [9.17, 15) is 9.36 Å². The molecule has 4 nitrogen and oxygen atoms in total. The Morgan fingerprint density at radius 3 is 2.45 bits per heavy atom. The maximum Gasteiger partial charge on any atom is 0.375 e. The number of Topliss-reactive ketones (excluding diaryl/α,β-unsaturated/α-hetero) is 1. The molecule has 110 valence electrons. The van der Waals surface area contributed by atoms with Crippen molar-refractivity contribution >= 4 is 13.4 Å². The second-order valence-electron chi connectivity index (χ2n) is 4.58. The Hall–Kier alpha value is -1.03. The lowest BCUT2D eigenvalue weighted by atomic mass is 9.89. The van der Waals surface area contributed by atoms with E-state index in [0.29, 0.717) is 6.42 Å². The molecule has 0 spiro atoms. The number of alkyl halides is 1. The van der Waals surface area contributed by atoms with Crippen molar-refractivity contribution in [3.63, 3.8) is 0 Å². The van der Waals surface area contributed by atoms with Crippen LogP contribution in [-0.2, 0) is 20.0 Å². The van der Waals surface area contributed by atoms with Gasteiger partial charge in [0.05, 0.1) is 13.2 Å². The summed E-state index contributed by atoms with van der Waals surface area (Å²) in [4.78, 5) is 12.4. The van der Waals surface area contributed by atoms with Gasteiger partial charge in [-0.25, -0.2) is 4.39 Å². The van der Waals surface area contributed by atoms with Crippen LogP contribution in [0.25, 0.3) is 0 Å². The van der Waals surface area contributed by atoms with Crippen LogP contribution in [0.2, 0.25) is 0 Å². The minimum absolute atomic E-state index is 0.0257. The zero-order chi connectivity index (χ0) is 14.8. The molecule has 0 bridgehead atoms. The third-order valence-corrected chi connectivity index (χ3v) is 5.86. The Bertz CT molecular complexity index is 550. The molecule has 0 amide bonds. The van der Waals surface area contributed by atoms with E-state index in [4.69, 9.17) is 9.05 Å². The summed E-state index contributed by atoms with van der Waals surface area (Å²) in [5.41, 5.74) is 1.03. The van der Waals surface area contributed by atoms with E-state index in [1.54, 1.807) is 38.1 Å². The van der Waals surface area contributed by atoms with Crippen LogP contribution >= 0.6 is 7.60 Å². The van der Waals surface area contributed by atoms with Gasteiger partial charge in [0, 0.05) is 12.0 Å². The van der Waals surface area contributed by atoms with E-state index < -0.39 is 18.8 Å². The monoisotopic (exact) mass is 300 g/mol. The average Bonchev–Trinajstić information content (AvgIpc) is 2.44. The van der Waals surface area contributed by atoms with E-state index >= 15 is 4.39 Å². The summed E-state index contributed by atoms with van der Waals surface area (Å²) in [6, 6.07) is 6.78. The molecule has 0 aromatic heterocycles. The topological polar surface area (TPSA) is 52.6 Å². The lowest BCUT2D eigenvalue weighted by Crippen LogP contribution is -2.39. The summed E-state index contributed by atoms with van der Waals surface area (Å²) in [5, 5.41) is -2.59. The Labute approximate surface area is 117 Å². The second-order valence-corrected chi connectivity index (χ2v) is 6.80. The lowest BCUT2D eigenvalue weighted by Gasteiger charge is -2.34. The average molecular weight is 300 g/mol. The first kappa shape index (κ1) is 15.4. The van der Waals surface area contributed by atoms with Gasteiger partial charge >= 0.3 is 7.60 Å². The van der Waals surface area contributed by atoms with Gasteiger partial charge in [0.1, 0.15) is 0 Å². The maximum absolute atomic E-state index is 15.2. The number of fused-ring (bicyclic) bond motifs is 1. The number of hydrogen-bond acceptors (Lipinski definition) is 4. The van der Waals surface area contributed by atoms with Gasteiger partial charge < -0.3 is 9.05 Å². The molecule has 0 unspecified atom stereocenters. The second kappa shape index (κ2) is 5.76. The Morgan fingerprint density at radius 2 is 1.85 bits per heavy atom. The van der Waals surface area contributed by atoms with E-state index in [-0.39, 0.29) is 25.2 Å².